The van der Waals surface area contributed by atoms with Crippen molar-refractivity contribution in [2.45, 2.75) is 19.0 Å². The molecule has 0 aliphatic carbocycles. The van der Waals surface area contributed by atoms with Gasteiger partial charge in [-0.05, 0) is 32.5 Å². The number of amides is 2. The van der Waals surface area contributed by atoms with Gasteiger partial charge in [-0.1, -0.05) is 6.07 Å². The maximum absolute atomic E-state index is 12.2. The summed E-state index contributed by atoms with van der Waals surface area (Å²) >= 11 is 1.72. The van der Waals surface area contributed by atoms with Crippen LogP contribution >= 0.6 is 11.3 Å². The van der Waals surface area contributed by atoms with E-state index < -0.39 is 0 Å². The number of hydrogen-bond donors (Lipinski definition) is 1. The number of urea groups is 1. The third kappa shape index (κ3) is 3.71. The summed E-state index contributed by atoms with van der Waals surface area (Å²) in [7, 11) is 4.07. The first-order chi connectivity index (χ1) is 9.59. The minimum atomic E-state index is 0.00389. The molecule has 0 bridgehead atoms. The highest BCUT2D eigenvalue weighted by Gasteiger charge is 2.24. The molecule has 112 valence electrons. The van der Waals surface area contributed by atoms with Crippen molar-refractivity contribution >= 4 is 17.4 Å². The van der Waals surface area contributed by atoms with Crippen molar-refractivity contribution in [3.8, 4) is 0 Å². The first-order valence-electron chi connectivity index (χ1n) is 6.91. The molecule has 0 spiro atoms. The molecule has 0 aromatic carbocycles. The molecule has 1 aromatic heterocycles. The fraction of sp³-hybridized carbons (Fsp3) is 0.643. The number of carbonyl (C=O) groups is 1. The number of thiophene rings is 1. The third-order valence-electron chi connectivity index (χ3n) is 3.57. The molecule has 2 amide bonds. The SMILES string of the molecule is C[C@H]1COCCN1C(=O)NC[C@H](c1cccs1)N(C)C. The Morgan fingerprint density at radius 1 is 1.65 bits per heavy atom. The van der Waals surface area contributed by atoms with Crippen molar-refractivity contribution < 1.29 is 9.53 Å². The van der Waals surface area contributed by atoms with E-state index in [4.69, 9.17) is 4.74 Å². The highest BCUT2D eigenvalue weighted by Crippen LogP contribution is 2.22. The smallest absolute Gasteiger partial charge is 0.317 e. The predicted molar refractivity (Wildman–Crippen MR) is 81.1 cm³/mol. The zero-order valence-electron chi connectivity index (χ0n) is 12.3. The van der Waals surface area contributed by atoms with Crippen molar-refractivity contribution in [1.29, 1.82) is 0 Å². The summed E-state index contributed by atoms with van der Waals surface area (Å²) in [5.74, 6) is 0. The van der Waals surface area contributed by atoms with Crippen LogP contribution in [0, 0.1) is 0 Å². The van der Waals surface area contributed by atoms with Crippen LogP contribution in [0.2, 0.25) is 0 Å². The van der Waals surface area contributed by atoms with Gasteiger partial charge in [0.2, 0.25) is 0 Å². The van der Waals surface area contributed by atoms with Gasteiger partial charge in [0.15, 0.2) is 0 Å². The molecule has 1 aromatic rings. The molecular formula is C14H23N3O2S. The van der Waals surface area contributed by atoms with Crippen molar-refractivity contribution in [3.05, 3.63) is 22.4 Å². The molecule has 5 nitrogen and oxygen atoms in total. The lowest BCUT2D eigenvalue weighted by atomic mass is 10.2. The standard InChI is InChI=1S/C14H23N3O2S/c1-11-10-19-7-6-17(11)14(18)15-9-12(16(2)3)13-5-4-8-20-13/h4-5,8,11-12H,6-7,9-10H2,1-3H3,(H,15,18)/t11-,12+/m0/s1. The summed E-state index contributed by atoms with van der Waals surface area (Å²) in [4.78, 5) is 17.5. The van der Waals surface area contributed by atoms with Gasteiger partial charge in [-0.3, -0.25) is 0 Å². The van der Waals surface area contributed by atoms with Crippen molar-refractivity contribution in [2.24, 2.45) is 0 Å². The Bertz CT molecular complexity index is 422. The second-order valence-electron chi connectivity index (χ2n) is 5.30. The molecule has 20 heavy (non-hydrogen) atoms. The Morgan fingerprint density at radius 2 is 2.45 bits per heavy atom. The number of carbonyl (C=O) groups excluding carboxylic acids is 1. The van der Waals surface area contributed by atoms with Gasteiger partial charge in [-0.25, -0.2) is 4.79 Å². The van der Waals surface area contributed by atoms with E-state index in [9.17, 15) is 4.79 Å². The van der Waals surface area contributed by atoms with E-state index in [1.807, 2.05) is 32.0 Å². The number of hydrogen-bond acceptors (Lipinski definition) is 4. The van der Waals surface area contributed by atoms with E-state index in [0.717, 1.165) is 0 Å². The van der Waals surface area contributed by atoms with Gasteiger partial charge in [-0.15, -0.1) is 11.3 Å². The Morgan fingerprint density at radius 3 is 3.05 bits per heavy atom. The average Bonchev–Trinajstić information content (AvgIpc) is 2.92. The number of morpholine rings is 1. The van der Waals surface area contributed by atoms with Crippen molar-refractivity contribution in [2.75, 3.05) is 40.4 Å². The largest absolute Gasteiger partial charge is 0.377 e. The second kappa shape index (κ2) is 7.06. The van der Waals surface area contributed by atoms with Crippen molar-refractivity contribution in [1.82, 2.24) is 15.1 Å². The van der Waals surface area contributed by atoms with Crippen LogP contribution in [0.5, 0.6) is 0 Å². The molecule has 1 saturated heterocycles. The minimum absolute atomic E-state index is 0.00389. The van der Waals surface area contributed by atoms with E-state index in [-0.39, 0.29) is 18.1 Å². The van der Waals surface area contributed by atoms with Crippen LogP contribution < -0.4 is 5.32 Å². The quantitative estimate of drug-likeness (QED) is 0.921. The van der Waals surface area contributed by atoms with Gasteiger partial charge >= 0.3 is 6.03 Å². The van der Waals surface area contributed by atoms with Crippen LogP contribution in [0.15, 0.2) is 17.5 Å². The zero-order valence-corrected chi connectivity index (χ0v) is 13.2. The Kier molecular flexibility index (Phi) is 5.39. The second-order valence-corrected chi connectivity index (χ2v) is 6.28. The molecule has 2 atom stereocenters. The van der Waals surface area contributed by atoms with Crippen molar-refractivity contribution in [3.63, 3.8) is 0 Å². The zero-order chi connectivity index (χ0) is 14.5. The summed E-state index contributed by atoms with van der Waals surface area (Å²) in [5, 5.41) is 5.12. The van der Waals surface area contributed by atoms with Crippen LogP contribution in [0.25, 0.3) is 0 Å². The van der Waals surface area contributed by atoms with Gasteiger partial charge in [0.25, 0.3) is 0 Å². The maximum Gasteiger partial charge on any atom is 0.317 e. The summed E-state index contributed by atoms with van der Waals surface area (Å²) in [6, 6.07) is 4.52. The summed E-state index contributed by atoms with van der Waals surface area (Å²) < 4.78 is 5.36. The number of nitrogens with one attached hydrogen (secondary N) is 1. The molecule has 0 radical (unpaired) electrons. The van der Waals surface area contributed by atoms with E-state index in [2.05, 4.69) is 21.7 Å². The van der Waals surface area contributed by atoms with Crippen LogP contribution in [0.1, 0.15) is 17.8 Å². The first-order valence-corrected chi connectivity index (χ1v) is 7.79. The fourth-order valence-electron chi connectivity index (χ4n) is 2.33. The molecule has 2 heterocycles. The topological polar surface area (TPSA) is 44.8 Å². The minimum Gasteiger partial charge on any atom is -0.377 e. The maximum atomic E-state index is 12.2. The predicted octanol–water partition coefficient (Wildman–Crippen LogP) is 1.78. The summed E-state index contributed by atoms with van der Waals surface area (Å²) in [5.41, 5.74) is 0. The molecule has 1 aliphatic rings. The lowest BCUT2D eigenvalue weighted by Gasteiger charge is -2.34. The lowest BCUT2D eigenvalue weighted by molar-refractivity contribution is 0.0187. The van der Waals surface area contributed by atoms with E-state index in [0.29, 0.717) is 26.3 Å². The Balaban J connectivity index is 1.90. The average molecular weight is 297 g/mol. The molecule has 0 unspecified atom stereocenters. The van der Waals surface area contributed by atoms with Gasteiger partial charge in [0, 0.05) is 18.0 Å². The number of rotatable bonds is 4. The molecule has 0 saturated carbocycles. The van der Waals surface area contributed by atoms with Crippen LogP contribution in [0.3, 0.4) is 0 Å². The lowest BCUT2D eigenvalue weighted by Crippen LogP contribution is -2.52. The monoisotopic (exact) mass is 297 g/mol. The van der Waals surface area contributed by atoms with Gasteiger partial charge in [0.05, 0.1) is 25.3 Å². The number of ether oxygens (including phenoxy) is 1. The molecular weight excluding hydrogens is 274 g/mol. The highest BCUT2D eigenvalue weighted by atomic mass is 32.1. The van der Waals surface area contributed by atoms with Gasteiger partial charge in [-0.2, -0.15) is 0 Å². The number of likely N-dealkylation sites (N-methyl/N-ethyl adjacent to an activating group) is 1. The highest BCUT2D eigenvalue weighted by molar-refractivity contribution is 7.10. The fourth-order valence-corrected chi connectivity index (χ4v) is 3.26. The molecule has 2 rings (SSSR count). The van der Waals surface area contributed by atoms with Crippen LogP contribution in [-0.4, -0.2) is 62.3 Å². The third-order valence-corrected chi connectivity index (χ3v) is 4.54. The molecule has 1 N–H and O–H groups in total. The first kappa shape index (κ1) is 15.3. The van der Waals surface area contributed by atoms with Gasteiger partial charge < -0.3 is 19.9 Å². The summed E-state index contributed by atoms with van der Waals surface area (Å²) in [6.45, 7) is 4.55. The van der Waals surface area contributed by atoms with Crippen LogP contribution in [-0.2, 0) is 4.74 Å². The van der Waals surface area contributed by atoms with E-state index >= 15 is 0 Å². The van der Waals surface area contributed by atoms with E-state index in [1.165, 1.54) is 4.88 Å². The molecule has 6 heteroatoms. The van der Waals surface area contributed by atoms with E-state index in [1.54, 1.807) is 11.3 Å². The van der Waals surface area contributed by atoms with Gasteiger partial charge in [0.1, 0.15) is 0 Å². The summed E-state index contributed by atoms with van der Waals surface area (Å²) in [6.07, 6.45) is 0. The Labute approximate surface area is 124 Å². The Hall–Kier alpha value is -1.11. The normalized spacial score (nSPS) is 21.0. The molecule has 1 fully saturated rings. The molecule has 1 aliphatic heterocycles. The number of nitrogens with zero attached hydrogens (tertiary/aromatic N) is 2. The van der Waals surface area contributed by atoms with Crippen LogP contribution in [0.4, 0.5) is 4.79 Å².